The van der Waals surface area contributed by atoms with Gasteiger partial charge in [0.1, 0.15) is 5.82 Å². The second kappa shape index (κ2) is 6.08. The van der Waals surface area contributed by atoms with Gasteiger partial charge >= 0.3 is 0 Å². The van der Waals surface area contributed by atoms with Crippen LogP contribution in [0.5, 0.6) is 0 Å². The Morgan fingerprint density at radius 1 is 1.31 bits per heavy atom. The van der Waals surface area contributed by atoms with Crippen LogP contribution >= 0.6 is 0 Å². The lowest BCUT2D eigenvalue weighted by molar-refractivity contribution is 0.280. The molecule has 3 heteroatoms. The zero-order chi connectivity index (χ0) is 12.0. The fraction of sp³-hybridized carbons (Fsp3) is 0.308. The largest absolute Gasteiger partial charge is 0.392 e. The Morgan fingerprint density at radius 3 is 2.38 bits per heavy atom. The number of aliphatic hydroxyl groups is 1. The predicted octanol–water partition coefficient (Wildman–Crippen LogP) is 2.06. The summed E-state index contributed by atoms with van der Waals surface area (Å²) in [7, 11) is 0. The molecule has 0 atom stereocenters. The molecule has 1 aromatic rings. The number of aliphatic hydroxyl groups excluding tert-OH is 1. The van der Waals surface area contributed by atoms with Gasteiger partial charge in [-0.3, -0.25) is 0 Å². The molecule has 0 fully saturated rings. The number of pyridine rings is 1. The first kappa shape index (κ1) is 12.5. The van der Waals surface area contributed by atoms with E-state index in [-0.39, 0.29) is 6.61 Å². The van der Waals surface area contributed by atoms with E-state index in [0.29, 0.717) is 0 Å². The molecule has 0 spiro atoms. The summed E-state index contributed by atoms with van der Waals surface area (Å²) in [5.74, 6) is 0.884. The minimum atomic E-state index is 0.0298. The first-order valence-electron chi connectivity index (χ1n) is 5.27. The summed E-state index contributed by atoms with van der Waals surface area (Å²) >= 11 is 0. The molecule has 1 N–H and O–H groups in total. The van der Waals surface area contributed by atoms with Crippen LogP contribution in [0.3, 0.4) is 0 Å². The van der Waals surface area contributed by atoms with Gasteiger partial charge in [-0.1, -0.05) is 18.2 Å². The summed E-state index contributed by atoms with van der Waals surface area (Å²) in [4.78, 5) is 6.52. The van der Waals surface area contributed by atoms with Crippen LogP contribution in [0.2, 0.25) is 0 Å². The van der Waals surface area contributed by atoms with Gasteiger partial charge in [0.2, 0.25) is 0 Å². The molecule has 0 aliphatic rings. The van der Waals surface area contributed by atoms with E-state index in [1.807, 2.05) is 31.2 Å². The summed E-state index contributed by atoms with van der Waals surface area (Å²) in [5.41, 5.74) is 1.72. The maximum atomic E-state index is 9.07. The Morgan fingerprint density at radius 2 is 1.94 bits per heavy atom. The quantitative estimate of drug-likeness (QED) is 0.742. The lowest BCUT2D eigenvalue weighted by Gasteiger charge is -2.21. The first-order chi connectivity index (χ1) is 7.72. The summed E-state index contributed by atoms with van der Waals surface area (Å²) in [6.45, 7) is 10.8. The van der Waals surface area contributed by atoms with Gasteiger partial charge in [0.05, 0.1) is 6.61 Å². The Labute approximate surface area is 96.7 Å². The molecule has 0 aromatic carbocycles. The van der Waals surface area contributed by atoms with Crippen LogP contribution in [0.1, 0.15) is 11.3 Å². The molecule has 3 nitrogen and oxygen atoms in total. The van der Waals surface area contributed by atoms with E-state index >= 15 is 0 Å². The molecule has 0 saturated carbocycles. The van der Waals surface area contributed by atoms with Crippen molar-refractivity contribution in [1.29, 1.82) is 0 Å². The minimum absolute atomic E-state index is 0.0298. The molecular weight excluding hydrogens is 200 g/mol. The van der Waals surface area contributed by atoms with E-state index < -0.39 is 0 Å². The van der Waals surface area contributed by atoms with E-state index in [0.717, 1.165) is 30.2 Å². The Hall–Kier alpha value is -1.61. The van der Waals surface area contributed by atoms with Gasteiger partial charge in [0.25, 0.3) is 0 Å². The van der Waals surface area contributed by atoms with Crippen LogP contribution < -0.4 is 4.90 Å². The second-order valence-electron chi connectivity index (χ2n) is 3.55. The van der Waals surface area contributed by atoms with Gasteiger partial charge in [-0.25, -0.2) is 4.98 Å². The van der Waals surface area contributed by atoms with E-state index in [9.17, 15) is 0 Å². The highest BCUT2D eigenvalue weighted by molar-refractivity contribution is 5.42. The molecule has 1 heterocycles. The summed E-state index contributed by atoms with van der Waals surface area (Å²) in [6, 6.07) is 3.81. The van der Waals surface area contributed by atoms with Crippen LogP contribution in [0, 0.1) is 6.92 Å². The first-order valence-corrected chi connectivity index (χ1v) is 5.27. The number of hydrogen-bond donors (Lipinski definition) is 1. The molecule has 0 amide bonds. The highest BCUT2D eigenvalue weighted by Crippen LogP contribution is 2.14. The third kappa shape index (κ3) is 2.94. The predicted molar refractivity (Wildman–Crippen MR) is 67.5 cm³/mol. The van der Waals surface area contributed by atoms with E-state index in [2.05, 4.69) is 23.0 Å². The molecule has 0 bridgehead atoms. The van der Waals surface area contributed by atoms with Gasteiger partial charge < -0.3 is 10.0 Å². The molecule has 86 valence electrons. The molecule has 16 heavy (non-hydrogen) atoms. The van der Waals surface area contributed by atoms with Crippen molar-refractivity contribution in [3.05, 3.63) is 48.7 Å². The third-order valence-electron chi connectivity index (χ3n) is 2.37. The fourth-order valence-electron chi connectivity index (χ4n) is 1.49. The van der Waals surface area contributed by atoms with Crippen LogP contribution in [-0.2, 0) is 6.61 Å². The average Bonchev–Trinajstić information content (AvgIpc) is 2.28. The van der Waals surface area contributed by atoms with Gasteiger partial charge in [0, 0.05) is 18.8 Å². The molecule has 1 rings (SSSR count). The number of rotatable bonds is 6. The van der Waals surface area contributed by atoms with Crippen molar-refractivity contribution < 1.29 is 5.11 Å². The van der Waals surface area contributed by atoms with Crippen molar-refractivity contribution in [2.75, 3.05) is 18.0 Å². The number of aryl methyl sites for hydroxylation is 1. The zero-order valence-electron chi connectivity index (χ0n) is 9.69. The SMILES string of the molecule is C=CCN(CC=C)c1ccc(CO)c(C)n1. The second-order valence-corrected chi connectivity index (χ2v) is 3.55. The molecule has 0 saturated heterocycles. The highest BCUT2D eigenvalue weighted by atomic mass is 16.3. The van der Waals surface area contributed by atoms with Crippen molar-refractivity contribution >= 4 is 5.82 Å². The van der Waals surface area contributed by atoms with E-state index in [1.54, 1.807) is 0 Å². The normalized spacial score (nSPS) is 9.88. The van der Waals surface area contributed by atoms with Crippen LogP contribution in [0.25, 0.3) is 0 Å². The van der Waals surface area contributed by atoms with Crippen LogP contribution in [0.15, 0.2) is 37.4 Å². The molecule has 0 radical (unpaired) electrons. The molecule has 0 aliphatic carbocycles. The summed E-state index contributed by atoms with van der Waals surface area (Å²) in [5, 5.41) is 9.07. The molecule has 0 aliphatic heterocycles. The maximum Gasteiger partial charge on any atom is 0.129 e. The van der Waals surface area contributed by atoms with Gasteiger partial charge in [0.15, 0.2) is 0 Å². The van der Waals surface area contributed by atoms with Crippen LogP contribution in [0.4, 0.5) is 5.82 Å². The Bertz CT molecular complexity index is 364. The molecular formula is C13H18N2O. The topological polar surface area (TPSA) is 36.4 Å². The van der Waals surface area contributed by atoms with Crippen LogP contribution in [-0.4, -0.2) is 23.2 Å². The fourth-order valence-corrected chi connectivity index (χ4v) is 1.49. The Balaban J connectivity index is 2.95. The van der Waals surface area contributed by atoms with Crippen molar-refractivity contribution in [3.63, 3.8) is 0 Å². The summed E-state index contributed by atoms with van der Waals surface area (Å²) in [6.07, 6.45) is 3.67. The number of hydrogen-bond acceptors (Lipinski definition) is 3. The zero-order valence-corrected chi connectivity index (χ0v) is 9.69. The van der Waals surface area contributed by atoms with E-state index in [4.69, 9.17) is 5.11 Å². The third-order valence-corrected chi connectivity index (χ3v) is 2.37. The number of anilines is 1. The van der Waals surface area contributed by atoms with Crippen molar-refractivity contribution in [1.82, 2.24) is 4.98 Å². The lowest BCUT2D eigenvalue weighted by atomic mass is 10.2. The maximum absolute atomic E-state index is 9.07. The molecule has 1 aromatic heterocycles. The van der Waals surface area contributed by atoms with Gasteiger partial charge in [-0.15, -0.1) is 13.2 Å². The number of nitrogens with zero attached hydrogens (tertiary/aromatic N) is 2. The Kier molecular flexibility index (Phi) is 4.73. The van der Waals surface area contributed by atoms with Crippen molar-refractivity contribution in [2.24, 2.45) is 0 Å². The van der Waals surface area contributed by atoms with Crippen molar-refractivity contribution in [2.45, 2.75) is 13.5 Å². The molecule has 0 unspecified atom stereocenters. The minimum Gasteiger partial charge on any atom is -0.392 e. The lowest BCUT2D eigenvalue weighted by Crippen LogP contribution is -2.24. The highest BCUT2D eigenvalue weighted by Gasteiger charge is 2.06. The van der Waals surface area contributed by atoms with Crippen molar-refractivity contribution in [3.8, 4) is 0 Å². The monoisotopic (exact) mass is 218 g/mol. The number of aromatic nitrogens is 1. The standard InChI is InChI=1S/C13H18N2O/c1-4-8-15(9-5-2)13-7-6-12(10-16)11(3)14-13/h4-7,16H,1-2,8-10H2,3H3. The van der Waals surface area contributed by atoms with E-state index in [1.165, 1.54) is 0 Å². The smallest absolute Gasteiger partial charge is 0.129 e. The summed E-state index contributed by atoms with van der Waals surface area (Å²) < 4.78 is 0. The van der Waals surface area contributed by atoms with Gasteiger partial charge in [-0.2, -0.15) is 0 Å². The van der Waals surface area contributed by atoms with Gasteiger partial charge in [-0.05, 0) is 18.6 Å². The average molecular weight is 218 g/mol.